The van der Waals surface area contributed by atoms with E-state index >= 15 is 0 Å². The van der Waals surface area contributed by atoms with E-state index in [1.807, 2.05) is 44.2 Å². The molecule has 1 heterocycles. The Balaban J connectivity index is 1.85. The van der Waals surface area contributed by atoms with Gasteiger partial charge in [-0.3, -0.25) is 14.4 Å². The van der Waals surface area contributed by atoms with Crippen LogP contribution in [0.25, 0.3) is 0 Å². The topological polar surface area (TPSA) is 104 Å². The lowest BCUT2D eigenvalue weighted by molar-refractivity contribution is -0.140. The van der Waals surface area contributed by atoms with Crippen LogP contribution < -0.4 is 5.32 Å². The fraction of sp³-hybridized carbons (Fsp3) is 0.348. The zero-order valence-corrected chi connectivity index (χ0v) is 19.1. The molecule has 0 saturated carbocycles. The third-order valence-corrected chi connectivity index (χ3v) is 7.03. The van der Waals surface area contributed by atoms with Crippen molar-refractivity contribution in [3.63, 3.8) is 0 Å². The molecule has 0 aliphatic carbocycles. The van der Waals surface area contributed by atoms with Gasteiger partial charge in [-0.25, -0.2) is 12.7 Å². The van der Waals surface area contributed by atoms with Gasteiger partial charge in [-0.1, -0.05) is 56.3 Å². The Morgan fingerprint density at radius 1 is 1.00 bits per heavy atom. The quantitative estimate of drug-likeness (QED) is 0.653. The van der Waals surface area contributed by atoms with Crippen molar-refractivity contribution in [2.45, 2.75) is 38.3 Å². The molecule has 0 fully saturated rings. The SMILES string of the molecule is CC(C)CNC(=O)[C@@H](C)N(Cc1ccccc1)C(=O)CN1C(=O)c2ccccc2S1(=O)=O. The molecule has 2 aromatic carbocycles. The van der Waals surface area contributed by atoms with Crippen LogP contribution in [-0.4, -0.2) is 54.5 Å². The van der Waals surface area contributed by atoms with Gasteiger partial charge in [-0.15, -0.1) is 0 Å². The van der Waals surface area contributed by atoms with Crippen molar-refractivity contribution in [1.29, 1.82) is 0 Å². The molecule has 0 unspecified atom stereocenters. The predicted molar refractivity (Wildman–Crippen MR) is 119 cm³/mol. The molecule has 1 aliphatic heterocycles. The first-order chi connectivity index (χ1) is 15.1. The van der Waals surface area contributed by atoms with Gasteiger partial charge in [0, 0.05) is 13.1 Å². The summed E-state index contributed by atoms with van der Waals surface area (Å²) in [6.45, 7) is 5.38. The van der Waals surface area contributed by atoms with Crippen LogP contribution in [0.15, 0.2) is 59.5 Å². The molecule has 8 nitrogen and oxygen atoms in total. The number of nitrogens with one attached hydrogen (secondary N) is 1. The normalized spacial score (nSPS) is 15.4. The molecule has 1 atom stereocenters. The van der Waals surface area contributed by atoms with E-state index < -0.39 is 34.4 Å². The maximum Gasteiger partial charge on any atom is 0.269 e. The first-order valence-corrected chi connectivity index (χ1v) is 11.8. The van der Waals surface area contributed by atoms with E-state index in [0.29, 0.717) is 10.8 Å². The van der Waals surface area contributed by atoms with Crippen molar-refractivity contribution in [1.82, 2.24) is 14.5 Å². The highest BCUT2D eigenvalue weighted by atomic mass is 32.2. The van der Waals surface area contributed by atoms with Crippen LogP contribution in [0, 0.1) is 5.92 Å². The van der Waals surface area contributed by atoms with Crippen molar-refractivity contribution in [2.75, 3.05) is 13.1 Å². The third kappa shape index (κ3) is 4.83. The number of hydrogen-bond donors (Lipinski definition) is 1. The maximum atomic E-state index is 13.3. The second kappa shape index (κ2) is 9.52. The lowest BCUT2D eigenvalue weighted by atomic mass is 10.1. The maximum absolute atomic E-state index is 13.3. The minimum Gasteiger partial charge on any atom is -0.354 e. The Bertz CT molecular complexity index is 1120. The van der Waals surface area contributed by atoms with Crippen LogP contribution in [-0.2, 0) is 26.2 Å². The van der Waals surface area contributed by atoms with Crippen molar-refractivity contribution >= 4 is 27.7 Å². The minimum absolute atomic E-state index is 0.0395. The Labute approximate surface area is 188 Å². The lowest BCUT2D eigenvalue weighted by Crippen LogP contribution is -2.51. The molecule has 3 rings (SSSR count). The molecule has 1 N–H and O–H groups in total. The van der Waals surface area contributed by atoms with E-state index in [1.54, 1.807) is 13.0 Å². The molecule has 3 amide bonds. The minimum atomic E-state index is -4.13. The van der Waals surface area contributed by atoms with Crippen molar-refractivity contribution in [3.05, 3.63) is 65.7 Å². The van der Waals surface area contributed by atoms with Gasteiger partial charge in [0.05, 0.1) is 5.56 Å². The van der Waals surface area contributed by atoms with Gasteiger partial charge in [0.1, 0.15) is 17.5 Å². The van der Waals surface area contributed by atoms with Crippen molar-refractivity contribution in [3.8, 4) is 0 Å². The second-order valence-electron chi connectivity index (χ2n) is 8.14. The Morgan fingerprint density at radius 3 is 2.25 bits per heavy atom. The van der Waals surface area contributed by atoms with Gasteiger partial charge < -0.3 is 10.2 Å². The number of rotatable bonds is 8. The van der Waals surface area contributed by atoms with Crippen LogP contribution >= 0.6 is 0 Å². The molecule has 0 saturated heterocycles. The van der Waals surface area contributed by atoms with E-state index in [1.165, 1.54) is 23.1 Å². The summed E-state index contributed by atoms with van der Waals surface area (Å²) in [7, 11) is -4.13. The standard InChI is InChI=1S/C23H27N3O5S/c1-16(2)13-24-22(28)17(3)25(14-18-9-5-4-6-10-18)21(27)15-26-23(29)19-11-7-8-12-20(19)32(26,30)31/h4-12,16-17H,13-15H2,1-3H3,(H,24,28)/t17-/m1/s1. The number of hydrogen-bond acceptors (Lipinski definition) is 5. The van der Waals surface area contributed by atoms with E-state index in [4.69, 9.17) is 0 Å². The Morgan fingerprint density at radius 2 is 1.62 bits per heavy atom. The van der Waals surface area contributed by atoms with Gasteiger partial charge >= 0.3 is 0 Å². The lowest BCUT2D eigenvalue weighted by Gasteiger charge is -2.30. The number of sulfonamides is 1. The van der Waals surface area contributed by atoms with Gasteiger partial charge in [0.15, 0.2) is 0 Å². The van der Waals surface area contributed by atoms with E-state index in [0.717, 1.165) is 5.56 Å². The number of fused-ring (bicyclic) bond motifs is 1. The molecule has 0 aromatic heterocycles. The van der Waals surface area contributed by atoms with E-state index in [2.05, 4.69) is 5.32 Å². The van der Waals surface area contributed by atoms with Crippen LogP contribution in [0.2, 0.25) is 0 Å². The zero-order chi connectivity index (χ0) is 23.5. The average molecular weight is 458 g/mol. The number of nitrogens with zero attached hydrogens (tertiary/aromatic N) is 2. The predicted octanol–water partition coefficient (Wildman–Crippen LogP) is 2.02. The van der Waals surface area contributed by atoms with Crippen LogP contribution in [0.1, 0.15) is 36.7 Å². The van der Waals surface area contributed by atoms with Gasteiger partial charge in [0.2, 0.25) is 11.8 Å². The Kier molecular flexibility index (Phi) is 6.98. The molecule has 0 bridgehead atoms. The highest BCUT2D eigenvalue weighted by Crippen LogP contribution is 2.30. The van der Waals surface area contributed by atoms with Crippen LogP contribution in [0.3, 0.4) is 0 Å². The zero-order valence-electron chi connectivity index (χ0n) is 18.3. The van der Waals surface area contributed by atoms with Gasteiger partial charge in [-0.05, 0) is 30.5 Å². The summed E-state index contributed by atoms with van der Waals surface area (Å²) in [5.74, 6) is -1.49. The summed E-state index contributed by atoms with van der Waals surface area (Å²) in [5, 5.41) is 2.80. The van der Waals surface area contributed by atoms with Crippen LogP contribution in [0.5, 0.6) is 0 Å². The van der Waals surface area contributed by atoms with Crippen molar-refractivity contribution < 1.29 is 22.8 Å². The van der Waals surface area contributed by atoms with Crippen molar-refractivity contribution in [2.24, 2.45) is 5.92 Å². The summed E-state index contributed by atoms with van der Waals surface area (Å²) in [6.07, 6.45) is 0. The summed E-state index contributed by atoms with van der Waals surface area (Å²) in [6, 6.07) is 14.1. The van der Waals surface area contributed by atoms with Gasteiger partial charge in [0.25, 0.3) is 15.9 Å². The fourth-order valence-corrected chi connectivity index (χ4v) is 4.93. The van der Waals surface area contributed by atoms with E-state index in [-0.39, 0.29) is 28.8 Å². The molecular formula is C23H27N3O5S. The Hall–Kier alpha value is -3.20. The summed E-state index contributed by atoms with van der Waals surface area (Å²) in [5.41, 5.74) is 0.820. The van der Waals surface area contributed by atoms with Crippen LogP contribution in [0.4, 0.5) is 0 Å². The number of carbonyl (C=O) groups excluding carboxylic acids is 3. The molecule has 9 heteroatoms. The molecule has 1 aliphatic rings. The highest BCUT2D eigenvalue weighted by molar-refractivity contribution is 7.90. The number of amides is 3. The fourth-order valence-electron chi connectivity index (χ4n) is 3.42. The number of carbonyl (C=O) groups is 3. The number of benzene rings is 2. The molecule has 170 valence electrons. The molecule has 32 heavy (non-hydrogen) atoms. The molecule has 2 aromatic rings. The summed E-state index contributed by atoms with van der Waals surface area (Å²) >= 11 is 0. The highest BCUT2D eigenvalue weighted by Gasteiger charge is 2.43. The first kappa shape index (κ1) is 23.5. The molecule has 0 radical (unpaired) electrons. The summed E-state index contributed by atoms with van der Waals surface area (Å²) < 4.78 is 26.3. The molecule has 0 spiro atoms. The largest absolute Gasteiger partial charge is 0.354 e. The third-order valence-electron chi connectivity index (χ3n) is 5.24. The first-order valence-electron chi connectivity index (χ1n) is 10.4. The summed E-state index contributed by atoms with van der Waals surface area (Å²) in [4.78, 5) is 39.8. The monoisotopic (exact) mass is 457 g/mol. The molecular weight excluding hydrogens is 430 g/mol. The second-order valence-corrected chi connectivity index (χ2v) is 9.97. The average Bonchev–Trinajstić information content (AvgIpc) is 2.96. The van der Waals surface area contributed by atoms with E-state index in [9.17, 15) is 22.8 Å². The van der Waals surface area contributed by atoms with Gasteiger partial charge in [-0.2, -0.15) is 0 Å². The smallest absolute Gasteiger partial charge is 0.269 e.